The van der Waals surface area contributed by atoms with Crippen LogP contribution < -0.4 is 0 Å². The van der Waals surface area contributed by atoms with Gasteiger partial charge in [-0.15, -0.1) is 0 Å². The summed E-state index contributed by atoms with van der Waals surface area (Å²) in [5, 5.41) is 0. The van der Waals surface area contributed by atoms with Gasteiger partial charge < -0.3 is 4.79 Å². The van der Waals surface area contributed by atoms with Crippen LogP contribution in [0.4, 0.5) is 0 Å². The molecule has 0 saturated carbocycles. The van der Waals surface area contributed by atoms with Crippen molar-refractivity contribution in [2.45, 2.75) is 38.6 Å². The molecule has 1 aliphatic carbocycles. The number of hydrogen-bond donors (Lipinski definition) is 0. The van der Waals surface area contributed by atoms with Gasteiger partial charge in [-0.25, -0.2) is 0 Å². The quantitative estimate of drug-likeness (QED) is 0.624. The Morgan fingerprint density at radius 3 is 2.87 bits per heavy atom. The second-order valence-corrected chi connectivity index (χ2v) is 4.15. The third-order valence-corrected chi connectivity index (χ3v) is 2.82. The van der Waals surface area contributed by atoms with E-state index in [2.05, 4.69) is 30.1 Å². The lowest BCUT2D eigenvalue weighted by atomic mass is 10.00. The predicted molar refractivity (Wildman–Crippen MR) is 63.8 cm³/mol. The number of allylic oxidation sites excluding steroid dienone is 3. The maximum Gasteiger partial charge on any atom is 0.137 e. The molecule has 0 aromatic heterocycles. The molecule has 15 heavy (non-hydrogen) atoms. The molecule has 0 heterocycles. The Labute approximate surface area is 92.7 Å². The van der Waals surface area contributed by atoms with Crippen molar-refractivity contribution in [3.05, 3.63) is 23.8 Å². The molecule has 0 N–H and O–H groups in total. The summed E-state index contributed by atoms with van der Waals surface area (Å²) >= 11 is 0. The highest BCUT2D eigenvalue weighted by Crippen LogP contribution is 2.16. The van der Waals surface area contributed by atoms with Crippen molar-refractivity contribution < 1.29 is 4.79 Å². The molecule has 0 radical (unpaired) electrons. The minimum Gasteiger partial charge on any atom is -0.302 e. The van der Waals surface area contributed by atoms with Gasteiger partial charge in [0.25, 0.3) is 0 Å². The van der Waals surface area contributed by atoms with Crippen molar-refractivity contribution in [3.8, 4) is 0 Å². The van der Waals surface area contributed by atoms with E-state index in [-0.39, 0.29) is 6.04 Å². The maximum atomic E-state index is 11.0. The summed E-state index contributed by atoms with van der Waals surface area (Å²) in [6.07, 6.45) is 11.9. The fourth-order valence-corrected chi connectivity index (χ4v) is 1.89. The monoisotopic (exact) mass is 207 g/mol. The van der Waals surface area contributed by atoms with Gasteiger partial charge in [-0.05, 0) is 39.3 Å². The van der Waals surface area contributed by atoms with Crippen LogP contribution in [0.1, 0.15) is 32.6 Å². The maximum absolute atomic E-state index is 11.0. The Bertz CT molecular complexity index is 255. The van der Waals surface area contributed by atoms with Crippen molar-refractivity contribution in [1.82, 2.24) is 4.90 Å². The van der Waals surface area contributed by atoms with Crippen LogP contribution in [0, 0.1) is 0 Å². The average Bonchev–Trinajstić information content (AvgIpc) is 2.27. The number of aldehydes is 1. The molecule has 0 bridgehead atoms. The van der Waals surface area contributed by atoms with Gasteiger partial charge in [0.05, 0.1) is 6.04 Å². The number of nitrogens with zero attached hydrogens (tertiary/aromatic N) is 1. The van der Waals surface area contributed by atoms with Crippen LogP contribution in [-0.4, -0.2) is 30.8 Å². The zero-order valence-electron chi connectivity index (χ0n) is 9.78. The summed E-state index contributed by atoms with van der Waals surface area (Å²) < 4.78 is 0. The van der Waals surface area contributed by atoms with Gasteiger partial charge in [0, 0.05) is 0 Å². The number of hydrogen-bond acceptors (Lipinski definition) is 2. The fourth-order valence-electron chi connectivity index (χ4n) is 1.89. The van der Waals surface area contributed by atoms with Crippen molar-refractivity contribution in [2.24, 2.45) is 0 Å². The van der Waals surface area contributed by atoms with Crippen LogP contribution >= 0.6 is 0 Å². The van der Waals surface area contributed by atoms with Crippen LogP contribution in [0.3, 0.4) is 0 Å². The summed E-state index contributed by atoms with van der Waals surface area (Å²) in [5.74, 6) is 0. The molecule has 0 spiro atoms. The molecular formula is C13H21NO. The first-order valence-electron chi connectivity index (χ1n) is 5.79. The molecule has 84 valence electrons. The Balaban J connectivity index is 2.48. The number of likely N-dealkylation sites (N-methyl/N-ethyl adjacent to an activating group) is 1. The Morgan fingerprint density at radius 1 is 1.53 bits per heavy atom. The van der Waals surface area contributed by atoms with Gasteiger partial charge in [-0.1, -0.05) is 30.7 Å². The molecule has 0 fully saturated rings. The Hall–Kier alpha value is -0.890. The van der Waals surface area contributed by atoms with Crippen molar-refractivity contribution in [3.63, 3.8) is 0 Å². The normalized spacial score (nSPS) is 17.7. The van der Waals surface area contributed by atoms with Crippen LogP contribution in [0.15, 0.2) is 23.8 Å². The second-order valence-electron chi connectivity index (χ2n) is 4.15. The highest BCUT2D eigenvalue weighted by atomic mass is 16.1. The van der Waals surface area contributed by atoms with Gasteiger partial charge in [-0.3, -0.25) is 4.90 Å². The number of carbonyl (C=O) groups excluding carboxylic acids is 1. The molecule has 1 aliphatic rings. The molecule has 1 rings (SSSR count). The van der Waals surface area contributed by atoms with Crippen molar-refractivity contribution >= 4 is 6.29 Å². The SMILES string of the molecule is CCCN(C)C(C=O)CC1=CCCC=C1. The molecule has 0 aromatic rings. The molecule has 0 amide bonds. The van der Waals surface area contributed by atoms with Crippen LogP contribution in [0.2, 0.25) is 0 Å². The molecule has 1 atom stereocenters. The van der Waals surface area contributed by atoms with E-state index in [0.29, 0.717) is 0 Å². The molecule has 0 saturated heterocycles. The second kappa shape index (κ2) is 6.57. The summed E-state index contributed by atoms with van der Waals surface area (Å²) in [7, 11) is 2.02. The first-order valence-corrected chi connectivity index (χ1v) is 5.79. The molecule has 0 aliphatic heterocycles. The van der Waals surface area contributed by atoms with E-state index >= 15 is 0 Å². The standard InChI is InChI=1S/C13H21NO/c1-3-9-14(2)13(11-15)10-12-7-5-4-6-8-12/h5,7-8,11,13H,3-4,6,9-10H2,1-2H3. The summed E-state index contributed by atoms with van der Waals surface area (Å²) in [6, 6.07) is 0.0407. The van der Waals surface area contributed by atoms with Gasteiger partial charge in [0.1, 0.15) is 6.29 Å². The fraction of sp³-hybridized carbons (Fsp3) is 0.615. The van der Waals surface area contributed by atoms with Gasteiger partial charge in [0.15, 0.2) is 0 Å². The third-order valence-electron chi connectivity index (χ3n) is 2.82. The number of carbonyl (C=O) groups is 1. The van der Waals surface area contributed by atoms with Crippen LogP contribution in [-0.2, 0) is 4.79 Å². The van der Waals surface area contributed by atoms with Crippen LogP contribution in [0.25, 0.3) is 0 Å². The largest absolute Gasteiger partial charge is 0.302 e. The summed E-state index contributed by atoms with van der Waals surface area (Å²) in [6.45, 7) is 3.12. The van der Waals surface area contributed by atoms with E-state index in [9.17, 15) is 4.79 Å². The smallest absolute Gasteiger partial charge is 0.137 e. The Kier molecular flexibility index (Phi) is 5.33. The van der Waals surface area contributed by atoms with E-state index in [1.807, 2.05) is 7.05 Å². The average molecular weight is 207 g/mol. The first kappa shape index (κ1) is 12.2. The topological polar surface area (TPSA) is 20.3 Å². The Morgan fingerprint density at radius 2 is 2.33 bits per heavy atom. The lowest BCUT2D eigenvalue weighted by Crippen LogP contribution is -2.33. The lowest BCUT2D eigenvalue weighted by molar-refractivity contribution is -0.112. The number of rotatable bonds is 6. The first-order chi connectivity index (χ1) is 7.27. The molecule has 2 heteroatoms. The molecular weight excluding hydrogens is 186 g/mol. The minimum absolute atomic E-state index is 0.0407. The van der Waals surface area contributed by atoms with E-state index in [4.69, 9.17) is 0 Å². The highest BCUT2D eigenvalue weighted by Gasteiger charge is 2.14. The van der Waals surface area contributed by atoms with E-state index in [1.165, 1.54) is 5.57 Å². The summed E-state index contributed by atoms with van der Waals surface area (Å²) in [5.41, 5.74) is 1.31. The predicted octanol–water partition coefficient (Wildman–Crippen LogP) is 2.56. The summed E-state index contributed by atoms with van der Waals surface area (Å²) in [4.78, 5) is 13.1. The van der Waals surface area contributed by atoms with Crippen LogP contribution in [0.5, 0.6) is 0 Å². The van der Waals surface area contributed by atoms with Gasteiger partial charge in [0.2, 0.25) is 0 Å². The zero-order valence-corrected chi connectivity index (χ0v) is 9.78. The minimum atomic E-state index is 0.0407. The van der Waals surface area contributed by atoms with E-state index in [0.717, 1.165) is 38.5 Å². The highest BCUT2D eigenvalue weighted by molar-refractivity contribution is 5.58. The van der Waals surface area contributed by atoms with Gasteiger partial charge >= 0.3 is 0 Å². The molecule has 1 unspecified atom stereocenters. The van der Waals surface area contributed by atoms with E-state index in [1.54, 1.807) is 0 Å². The third kappa shape index (κ3) is 4.00. The molecule has 2 nitrogen and oxygen atoms in total. The lowest BCUT2D eigenvalue weighted by Gasteiger charge is -2.23. The van der Waals surface area contributed by atoms with Crippen molar-refractivity contribution in [1.29, 1.82) is 0 Å². The van der Waals surface area contributed by atoms with Crippen molar-refractivity contribution in [2.75, 3.05) is 13.6 Å². The molecule has 0 aromatic carbocycles. The van der Waals surface area contributed by atoms with E-state index < -0.39 is 0 Å². The van der Waals surface area contributed by atoms with Gasteiger partial charge in [-0.2, -0.15) is 0 Å². The zero-order chi connectivity index (χ0) is 11.1.